The topological polar surface area (TPSA) is 48.1 Å². The van der Waals surface area contributed by atoms with Crippen LogP contribution < -0.4 is 21.3 Å². The first-order valence-electron chi connectivity index (χ1n) is 9.15. The van der Waals surface area contributed by atoms with E-state index in [0.29, 0.717) is 0 Å². The van der Waals surface area contributed by atoms with Crippen LogP contribution in [-0.2, 0) is 0 Å². The van der Waals surface area contributed by atoms with E-state index in [-0.39, 0.29) is 0 Å². The van der Waals surface area contributed by atoms with Crippen LogP contribution >= 0.6 is 31.9 Å². The molecule has 4 N–H and O–H groups in total. The quantitative estimate of drug-likeness (QED) is 0.312. The van der Waals surface area contributed by atoms with Gasteiger partial charge in [-0.3, -0.25) is 0 Å². The highest BCUT2D eigenvalue weighted by molar-refractivity contribution is 9.11. The zero-order valence-electron chi connectivity index (χ0n) is 15.0. The van der Waals surface area contributed by atoms with Crippen molar-refractivity contribution < 1.29 is 0 Å². The Balaban J connectivity index is 1.37. The van der Waals surface area contributed by atoms with Crippen LogP contribution in [0.2, 0.25) is 0 Å². The summed E-state index contributed by atoms with van der Waals surface area (Å²) in [4.78, 5) is 0. The molecule has 2 aromatic carbocycles. The first kappa shape index (κ1) is 21.2. The Morgan fingerprint density at radius 2 is 0.962 bits per heavy atom. The molecule has 0 aliphatic carbocycles. The molecule has 2 rings (SSSR count). The van der Waals surface area contributed by atoms with Gasteiger partial charge in [0.15, 0.2) is 0 Å². The van der Waals surface area contributed by atoms with Crippen LogP contribution in [-0.4, -0.2) is 39.3 Å². The highest BCUT2D eigenvalue weighted by Gasteiger charge is 1.97. The molecular weight excluding hydrogens is 456 g/mol. The Bertz CT molecular complexity index is 581. The second-order valence-electron chi connectivity index (χ2n) is 6.02. The minimum atomic E-state index is 0.976. The van der Waals surface area contributed by atoms with E-state index in [1.165, 1.54) is 0 Å². The Morgan fingerprint density at radius 3 is 1.38 bits per heavy atom. The Morgan fingerprint density at radius 1 is 0.538 bits per heavy atom. The second kappa shape index (κ2) is 13.1. The number of halogens is 2. The van der Waals surface area contributed by atoms with E-state index < -0.39 is 0 Å². The van der Waals surface area contributed by atoms with Gasteiger partial charge in [-0.2, -0.15) is 0 Å². The lowest BCUT2D eigenvalue weighted by atomic mass is 10.3. The molecule has 0 saturated carbocycles. The summed E-state index contributed by atoms with van der Waals surface area (Å²) in [5.74, 6) is 0. The van der Waals surface area contributed by atoms with Gasteiger partial charge in [0.25, 0.3) is 0 Å². The molecule has 0 unspecified atom stereocenters. The maximum absolute atomic E-state index is 3.55. The summed E-state index contributed by atoms with van der Waals surface area (Å²) in [6.45, 7) is 6.03. The molecule has 4 nitrogen and oxygen atoms in total. The van der Waals surface area contributed by atoms with E-state index in [1.807, 2.05) is 24.3 Å². The number of hydrogen-bond acceptors (Lipinski definition) is 4. The third-order valence-electron chi connectivity index (χ3n) is 3.92. The first-order chi connectivity index (χ1) is 12.8. The summed E-state index contributed by atoms with van der Waals surface area (Å²) in [5, 5.41) is 13.8. The first-order valence-corrected chi connectivity index (χ1v) is 10.7. The van der Waals surface area contributed by atoms with Gasteiger partial charge >= 0.3 is 0 Å². The third kappa shape index (κ3) is 8.54. The highest BCUT2D eigenvalue weighted by atomic mass is 79.9. The van der Waals surface area contributed by atoms with Gasteiger partial charge in [-0.15, -0.1) is 0 Å². The molecule has 0 aliphatic heterocycles. The summed E-state index contributed by atoms with van der Waals surface area (Å²) in [5.41, 5.74) is 2.32. The summed E-state index contributed by atoms with van der Waals surface area (Å²) in [7, 11) is 0. The highest BCUT2D eigenvalue weighted by Crippen LogP contribution is 2.21. The van der Waals surface area contributed by atoms with Gasteiger partial charge < -0.3 is 21.3 Å². The van der Waals surface area contributed by atoms with Gasteiger partial charge in [0.1, 0.15) is 0 Å². The second-order valence-corrected chi connectivity index (χ2v) is 7.73. The van der Waals surface area contributed by atoms with Crippen molar-refractivity contribution in [2.75, 3.05) is 49.9 Å². The largest absolute Gasteiger partial charge is 0.384 e. The minimum absolute atomic E-state index is 0.976. The summed E-state index contributed by atoms with van der Waals surface area (Å²) < 4.78 is 2.23. The summed E-state index contributed by atoms with van der Waals surface area (Å²) in [6, 6.07) is 16.4. The van der Waals surface area contributed by atoms with Gasteiger partial charge in [-0.05, 0) is 82.1 Å². The van der Waals surface area contributed by atoms with Crippen LogP contribution in [0.1, 0.15) is 12.8 Å². The number of rotatable bonds is 13. The fraction of sp³-hybridized carbons (Fsp3) is 0.400. The van der Waals surface area contributed by atoms with Crippen LogP contribution in [0.4, 0.5) is 11.4 Å². The number of anilines is 2. The van der Waals surface area contributed by atoms with Crippen molar-refractivity contribution in [3.8, 4) is 0 Å². The summed E-state index contributed by atoms with van der Waals surface area (Å²) in [6.07, 6.45) is 2.22. The fourth-order valence-electron chi connectivity index (χ4n) is 2.51. The molecule has 0 bridgehead atoms. The predicted molar refractivity (Wildman–Crippen MR) is 120 cm³/mol. The maximum atomic E-state index is 3.55. The van der Waals surface area contributed by atoms with E-state index in [2.05, 4.69) is 77.4 Å². The monoisotopic (exact) mass is 482 g/mol. The van der Waals surface area contributed by atoms with Gasteiger partial charge in [-0.25, -0.2) is 0 Å². The zero-order valence-corrected chi connectivity index (χ0v) is 18.2. The smallest absolute Gasteiger partial charge is 0.0484 e. The molecule has 0 aromatic heterocycles. The lowest BCUT2D eigenvalue weighted by molar-refractivity contribution is 0.595. The fourth-order valence-corrected chi connectivity index (χ4v) is 3.36. The number of benzene rings is 2. The lowest BCUT2D eigenvalue weighted by Crippen LogP contribution is -2.29. The van der Waals surface area contributed by atoms with E-state index in [4.69, 9.17) is 0 Å². The number of nitrogens with one attached hydrogen (secondary N) is 4. The van der Waals surface area contributed by atoms with Crippen LogP contribution in [0.3, 0.4) is 0 Å². The van der Waals surface area contributed by atoms with Crippen molar-refractivity contribution in [2.45, 2.75) is 12.8 Å². The molecular formula is C20H28Br2N4. The van der Waals surface area contributed by atoms with Crippen molar-refractivity contribution in [3.05, 3.63) is 57.5 Å². The van der Waals surface area contributed by atoms with Crippen molar-refractivity contribution in [1.82, 2.24) is 10.6 Å². The molecule has 0 atom stereocenters. The lowest BCUT2D eigenvalue weighted by Gasteiger charge is -2.10. The molecule has 26 heavy (non-hydrogen) atoms. The molecule has 0 heterocycles. The average Bonchev–Trinajstić information content (AvgIpc) is 2.65. The van der Waals surface area contributed by atoms with Crippen LogP contribution in [0.25, 0.3) is 0 Å². The van der Waals surface area contributed by atoms with Gasteiger partial charge in [0.2, 0.25) is 0 Å². The van der Waals surface area contributed by atoms with Crippen molar-refractivity contribution in [1.29, 1.82) is 0 Å². The van der Waals surface area contributed by atoms with Crippen LogP contribution in [0.15, 0.2) is 57.5 Å². The molecule has 0 amide bonds. The van der Waals surface area contributed by atoms with Crippen molar-refractivity contribution in [2.24, 2.45) is 0 Å². The number of para-hydroxylation sites is 2. The normalized spacial score (nSPS) is 10.7. The van der Waals surface area contributed by atoms with E-state index >= 15 is 0 Å². The molecule has 0 radical (unpaired) electrons. The van der Waals surface area contributed by atoms with Crippen LogP contribution in [0.5, 0.6) is 0 Å². The van der Waals surface area contributed by atoms with Gasteiger partial charge in [0.05, 0.1) is 0 Å². The molecule has 0 aliphatic rings. The van der Waals surface area contributed by atoms with E-state index in [9.17, 15) is 0 Å². The van der Waals surface area contributed by atoms with Crippen LogP contribution in [0, 0.1) is 0 Å². The molecule has 0 saturated heterocycles. The van der Waals surface area contributed by atoms with E-state index in [1.54, 1.807) is 0 Å². The third-order valence-corrected chi connectivity index (χ3v) is 5.30. The van der Waals surface area contributed by atoms with Crippen molar-refractivity contribution >= 4 is 43.2 Å². The maximum Gasteiger partial charge on any atom is 0.0484 e. The van der Waals surface area contributed by atoms with E-state index in [0.717, 1.165) is 72.4 Å². The number of hydrogen-bond donors (Lipinski definition) is 4. The Kier molecular flexibility index (Phi) is 10.7. The van der Waals surface area contributed by atoms with Gasteiger partial charge in [-0.1, -0.05) is 24.3 Å². The minimum Gasteiger partial charge on any atom is -0.384 e. The standard InChI is InChI=1S/C20H28Br2N4/c21-17-7-1-3-9-19(17)25-13-5-11-23-15-16-24-12-6-14-26-20-10-4-2-8-18(20)22/h1-4,7-10,23-26H,5-6,11-16H2. The molecule has 142 valence electrons. The Hall–Kier alpha value is -1.08. The van der Waals surface area contributed by atoms with Crippen molar-refractivity contribution in [3.63, 3.8) is 0 Å². The predicted octanol–water partition coefficient (Wildman–Crippen LogP) is 4.70. The molecule has 0 fully saturated rings. The SMILES string of the molecule is Brc1ccccc1NCCCNCCNCCCNc1ccccc1Br. The molecule has 0 spiro atoms. The average molecular weight is 484 g/mol. The Labute approximate surface area is 173 Å². The molecule has 2 aromatic rings. The zero-order chi connectivity index (χ0) is 18.5. The summed E-state index contributed by atoms with van der Waals surface area (Å²) >= 11 is 7.10. The van der Waals surface area contributed by atoms with Gasteiger partial charge in [0, 0.05) is 46.5 Å². The molecule has 6 heteroatoms.